The van der Waals surface area contributed by atoms with Gasteiger partial charge < -0.3 is 14.8 Å². The monoisotopic (exact) mass is 402 g/mol. The molecule has 8 heteroatoms. The number of hydrogen-bond acceptors (Lipinski definition) is 5. The predicted molar refractivity (Wildman–Crippen MR) is 104 cm³/mol. The van der Waals surface area contributed by atoms with Gasteiger partial charge in [0, 0.05) is 25.2 Å². The van der Waals surface area contributed by atoms with Crippen LogP contribution in [0, 0.1) is 0 Å². The van der Waals surface area contributed by atoms with Crippen molar-refractivity contribution in [2.24, 2.45) is 0 Å². The van der Waals surface area contributed by atoms with Gasteiger partial charge in [-0.05, 0) is 48.2 Å². The minimum Gasteiger partial charge on any atom is -0.454 e. The lowest BCUT2D eigenvalue weighted by atomic mass is 10.1. The number of fused-ring (bicyclic) bond motifs is 1. The van der Waals surface area contributed by atoms with E-state index in [2.05, 4.69) is 5.32 Å². The van der Waals surface area contributed by atoms with Crippen LogP contribution in [0.5, 0.6) is 11.5 Å². The number of hydrogen-bond donors (Lipinski definition) is 1. The molecule has 28 heavy (non-hydrogen) atoms. The molecule has 7 nitrogen and oxygen atoms in total. The molecule has 0 unspecified atom stereocenters. The van der Waals surface area contributed by atoms with E-state index >= 15 is 0 Å². The number of benzene rings is 2. The molecule has 0 aliphatic carbocycles. The molecule has 4 rings (SSSR count). The summed E-state index contributed by atoms with van der Waals surface area (Å²) in [4.78, 5) is 12.4. The lowest BCUT2D eigenvalue weighted by Crippen LogP contribution is -2.29. The van der Waals surface area contributed by atoms with Gasteiger partial charge in [0.1, 0.15) is 0 Å². The van der Waals surface area contributed by atoms with Crippen LogP contribution in [0.2, 0.25) is 0 Å². The highest BCUT2D eigenvalue weighted by atomic mass is 32.2. The minimum absolute atomic E-state index is 0.0356. The first-order valence-corrected chi connectivity index (χ1v) is 10.9. The first-order valence-electron chi connectivity index (χ1n) is 9.25. The van der Waals surface area contributed by atoms with Crippen molar-refractivity contribution < 1.29 is 22.7 Å². The Morgan fingerprint density at radius 2 is 1.64 bits per heavy atom. The van der Waals surface area contributed by atoms with Crippen LogP contribution in [-0.4, -0.2) is 38.5 Å². The van der Waals surface area contributed by atoms with Crippen LogP contribution in [0.25, 0.3) is 0 Å². The Morgan fingerprint density at radius 1 is 0.964 bits per heavy atom. The van der Waals surface area contributed by atoms with Gasteiger partial charge in [-0.15, -0.1) is 0 Å². The summed E-state index contributed by atoms with van der Waals surface area (Å²) in [5, 5.41) is 2.86. The van der Waals surface area contributed by atoms with E-state index in [-0.39, 0.29) is 18.5 Å². The average molecular weight is 402 g/mol. The molecule has 1 fully saturated rings. The second-order valence-electron chi connectivity index (χ2n) is 6.93. The number of nitrogens with one attached hydrogen (secondary N) is 1. The number of sulfonamides is 1. The molecule has 0 atom stereocenters. The normalized spacial score (nSPS) is 16.3. The molecule has 2 heterocycles. The summed E-state index contributed by atoms with van der Waals surface area (Å²) in [7, 11) is -3.29. The molecular weight excluding hydrogens is 380 g/mol. The van der Waals surface area contributed by atoms with Gasteiger partial charge in [-0.25, -0.2) is 12.7 Å². The van der Waals surface area contributed by atoms with E-state index < -0.39 is 10.0 Å². The molecule has 0 saturated carbocycles. The molecule has 0 spiro atoms. The Kier molecular flexibility index (Phi) is 5.23. The summed E-state index contributed by atoms with van der Waals surface area (Å²) < 4.78 is 36.9. The Balaban J connectivity index is 1.35. The third-order valence-electron chi connectivity index (χ3n) is 4.91. The molecule has 1 saturated heterocycles. The largest absolute Gasteiger partial charge is 0.454 e. The highest BCUT2D eigenvalue weighted by Crippen LogP contribution is 2.32. The van der Waals surface area contributed by atoms with E-state index in [1.165, 1.54) is 0 Å². The Bertz CT molecular complexity index is 967. The van der Waals surface area contributed by atoms with E-state index in [9.17, 15) is 13.2 Å². The first-order chi connectivity index (χ1) is 13.5. The van der Waals surface area contributed by atoms with E-state index in [0.717, 1.165) is 18.4 Å². The van der Waals surface area contributed by atoms with Crippen LogP contribution in [0.1, 0.15) is 34.3 Å². The van der Waals surface area contributed by atoms with Gasteiger partial charge in [-0.1, -0.05) is 18.2 Å². The van der Waals surface area contributed by atoms with Crippen LogP contribution < -0.4 is 14.8 Å². The fourth-order valence-electron chi connectivity index (χ4n) is 3.36. The van der Waals surface area contributed by atoms with Gasteiger partial charge in [-0.2, -0.15) is 0 Å². The number of amides is 1. The van der Waals surface area contributed by atoms with Gasteiger partial charge in [-0.3, -0.25) is 4.79 Å². The van der Waals surface area contributed by atoms with Gasteiger partial charge >= 0.3 is 0 Å². The number of rotatable bonds is 6. The fraction of sp³-hybridized carbons (Fsp3) is 0.350. The SMILES string of the molecule is O=C(NCc1ccc2c(c1)OCO2)c1ccc(CS(=O)(=O)N2CCCC2)cc1. The van der Waals surface area contributed by atoms with Crippen LogP contribution in [0.4, 0.5) is 0 Å². The first kappa shape index (κ1) is 18.8. The highest BCUT2D eigenvalue weighted by molar-refractivity contribution is 7.88. The van der Waals surface area contributed by atoms with Gasteiger partial charge in [0.2, 0.25) is 16.8 Å². The fourth-order valence-corrected chi connectivity index (χ4v) is 4.97. The summed E-state index contributed by atoms with van der Waals surface area (Å²) in [6.07, 6.45) is 1.84. The predicted octanol–water partition coefficient (Wildman–Crippen LogP) is 2.27. The summed E-state index contributed by atoms with van der Waals surface area (Å²) in [6.45, 7) is 1.77. The van der Waals surface area contributed by atoms with E-state index in [1.54, 1.807) is 28.6 Å². The van der Waals surface area contributed by atoms with Crippen molar-refractivity contribution in [1.82, 2.24) is 9.62 Å². The van der Waals surface area contributed by atoms with Crippen LogP contribution in [0.15, 0.2) is 42.5 Å². The second kappa shape index (κ2) is 7.81. The lowest BCUT2D eigenvalue weighted by Gasteiger charge is -2.15. The van der Waals surface area contributed by atoms with Gasteiger partial charge in [0.05, 0.1) is 5.75 Å². The number of ether oxygens (including phenoxy) is 2. The Hall–Kier alpha value is -2.58. The van der Waals surface area contributed by atoms with Crippen molar-refractivity contribution in [3.63, 3.8) is 0 Å². The maximum Gasteiger partial charge on any atom is 0.251 e. The van der Waals surface area contributed by atoms with Crippen molar-refractivity contribution in [3.8, 4) is 11.5 Å². The van der Waals surface area contributed by atoms with Gasteiger partial charge in [0.15, 0.2) is 11.5 Å². The van der Waals surface area contributed by atoms with E-state index in [0.29, 0.717) is 42.3 Å². The Labute approximate surface area is 164 Å². The zero-order valence-corrected chi connectivity index (χ0v) is 16.2. The van der Waals surface area contributed by atoms with Crippen LogP contribution >= 0.6 is 0 Å². The molecule has 0 bridgehead atoms. The summed E-state index contributed by atoms with van der Waals surface area (Å²) >= 11 is 0. The molecule has 2 aromatic carbocycles. The standard InChI is InChI=1S/C20H22N2O5S/c23-20(21-12-16-5-8-18-19(11-16)27-14-26-18)17-6-3-15(4-7-17)13-28(24,25)22-9-1-2-10-22/h3-8,11H,1-2,9-10,12-14H2,(H,21,23). The lowest BCUT2D eigenvalue weighted by molar-refractivity contribution is 0.0951. The van der Waals surface area contributed by atoms with Crippen molar-refractivity contribution >= 4 is 15.9 Å². The summed E-state index contributed by atoms with van der Waals surface area (Å²) in [6, 6.07) is 12.2. The molecule has 0 aromatic heterocycles. The van der Waals surface area contributed by atoms with E-state index in [4.69, 9.17) is 9.47 Å². The zero-order valence-electron chi connectivity index (χ0n) is 15.4. The average Bonchev–Trinajstić information content (AvgIpc) is 3.38. The van der Waals surface area contributed by atoms with Crippen LogP contribution in [-0.2, 0) is 22.3 Å². The molecule has 1 N–H and O–H groups in total. The zero-order chi connectivity index (χ0) is 19.6. The highest BCUT2D eigenvalue weighted by Gasteiger charge is 2.25. The van der Waals surface area contributed by atoms with E-state index in [1.807, 2.05) is 18.2 Å². The molecule has 0 radical (unpaired) electrons. The summed E-state index contributed by atoms with van der Waals surface area (Å²) in [5.74, 6) is 1.13. The number of carbonyl (C=O) groups is 1. The maximum absolute atomic E-state index is 12.4. The van der Waals surface area contributed by atoms with Crippen molar-refractivity contribution in [2.45, 2.75) is 25.1 Å². The topological polar surface area (TPSA) is 84.9 Å². The molecular formula is C20H22N2O5S. The van der Waals surface area contributed by atoms with Gasteiger partial charge in [0.25, 0.3) is 5.91 Å². The quantitative estimate of drug-likeness (QED) is 0.801. The van der Waals surface area contributed by atoms with Crippen molar-refractivity contribution in [1.29, 1.82) is 0 Å². The summed E-state index contributed by atoms with van der Waals surface area (Å²) in [5.41, 5.74) is 2.08. The Morgan fingerprint density at radius 3 is 2.39 bits per heavy atom. The number of carbonyl (C=O) groups excluding carboxylic acids is 1. The molecule has 2 aromatic rings. The molecule has 2 aliphatic rings. The smallest absolute Gasteiger partial charge is 0.251 e. The maximum atomic E-state index is 12.4. The molecule has 2 aliphatic heterocycles. The molecule has 148 valence electrons. The third kappa shape index (κ3) is 4.13. The third-order valence-corrected chi connectivity index (χ3v) is 6.76. The molecule has 1 amide bonds. The van der Waals surface area contributed by atoms with Crippen molar-refractivity contribution in [3.05, 3.63) is 59.2 Å². The second-order valence-corrected chi connectivity index (χ2v) is 8.90. The number of nitrogens with zero attached hydrogens (tertiary/aromatic N) is 1. The van der Waals surface area contributed by atoms with Crippen LogP contribution in [0.3, 0.4) is 0 Å². The minimum atomic E-state index is -3.29. The van der Waals surface area contributed by atoms with Crippen molar-refractivity contribution in [2.75, 3.05) is 19.9 Å².